The SMILES string of the molecule is c1c2c(cc3c1OCO3)[C@H](C1CCOCC1)NCC2. The van der Waals surface area contributed by atoms with Crippen molar-refractivity contribution in [1.29, 1.82) is 0 Å². The maximum absolute atomic E-state index is 5.53. The molecule has 4 heteroatoms. The van der Waals surface area contributed by atoms with Crippen LogP contribution in [-0.2, 0) is 11.2 Å². The van der Waals surface area contributed by atoms with Crippen molar-refractivity contribution in [1.82, 2.24) is 5.32 Å². The zero-order chi connectivity index (χ0) is 12.7. The Morgan fingerprint density at radius 2 is 1.84 bits per heavy atom. The van der Waals surface area contributed by atoms with Crippen LogP contribution in [0.1, 0.15) is 30.0 Å². The van der Waals surface area contributed by atoms with Crippen molar-refractivity contribution in [2.75, 3.05) is 26.6 Å². The van der Waals surface area contributed by atoms with Gasteiger partial charge in [-0.2, -0.15) is 0 Å². The molecule has 0 saturated carbocycles. The summed E-state index contributed by atoms with van der Waals surface area (Å²) in [5.74, 6) is 2.49. The standard InChI is InChI=1S/C15H19NO3/c1-4-16-15(10-2-5-17-6-3-10)12-8-14-13(7-11(1)12)18-9-19-14/h7-8,10,15-16H,1-6,9H2/t15-/m0/s1. The van der Waals surface area contributed by atoms with Crippen molar-refractivity contribution in [2.24, 2.45) is 5.92 Å². The molecule has 0 aromatic heterocycles. The van der Waals surface area contributed by atoms with Crippen LogP contribution in [0.25, 0.3) is 0 Å². The summed E-state index contributed by atoms with van der Waals surface area (Å²) >= 11 is 0. The highest BCUT2D eigenvalue weighted by Crippen LogP contribution is 2.41. The Bertz CT molecular complexity index is 483. The first-order chi connectivity index (χ1) is 9.42. The van der Waals surface area contributed by atoms with E-state index in [1.807, 2.05) is 0 Å². The highest BCUT2D eigenvalue weighted by Gasteiger charge is 2.31. The van der Waals surface area contributed by atoms with Gasteiger partial charge in [0.05, 0.1) is 0 Å². The van der Waals surface area contributed by atoms with Gasteiger partial charge < -0.3 is 19.5 Å². The molecule has 0 spiro atoms. The number of nitrogens with one attached hydrogen (secondary N) is 1. The Balaban J connectivity index is 1.69. The van der Waals surface area contributed by atoms with Crippen molar-refractivity contribution >= 4 is 0 Å². The first kappa shape index (κ1) is 11.6. The molecule has 0 unspecified atom stereocenters. The van der Waals surface area contributed by atoms with Crippen molar-refractivity contribution in [3.63, 3.8) is 0 Å². The normalized spacial score (nSPS) is 26.2. The fourth-order valence-corrected chi connectivity index (χ4v) is 3.45. The smallest absolute Gasteiger partial charge is 0.231 e. The fourth-order valence-electron chi connectivity index (χ4n) is 3.45. The van der Waals surface area contributed by atoms with Crippen LogP contribution >= 0.6 is 0 Å². The minimum Gasteiger partial charge on any atom is -0.454 e. The van der Waals surface area contributed by atoms with Crippen LogP contribution < -0.4 is 14.8 Å². The van der Waals surface area contributed by atoms with Crippen LogP contribution in [-0.4, -0.2) is 26.6 Å². The molecular weight excluding hydrogens is 242 g/mol. The first-order valence-corrected chi connectivity index (χ1v) is 7.15. The molecule has 1 aromatic carbocycles. The molecule has 1 atom stereocenters. The molecule has 1 fully saturated rings. The van der Waals surface area contributed by atoms with E-state index >= 15 is 0 Å². The Labute approximate surface area is 113 Å². The molecule has 1 N–H and O–H groups in total. The zero-order valence-electron chi connectivity index (χ0n) is 11.0. The molecule has 102 valence electrons. The molecule has 0 aliphatic carbocycles. The molecule has 1 aromatic rings. The molecule has 0 amide bonds. The van der Waals surface area contributed by atoms with Gasteiger partial charge in [0.25, 0.3) is 0 Å². The number of hydrogen-bond acceptors (Lipinski definition) is 4. The molecule has 3 heterocycles. The van der Waals surface area contributed by atoms with Crippen LogP contribution in [0.2, 0.25) is 0 Å². The Hall–Kier alpha value is -1.26. The van der Waals surface area contributed by atoms with Crippen molar-refractivity contribution in [2.45, 2.75) is 25.3 Å². The second-order valence-corrected chi connectivity index (χ2v) is 5.54. The molecule has 4 rings (SSSR count). The molecule has 1 saturated heterocycles. The maximum Gasteiger partial charge on any atom is 0.231 e. The van der Waals surface area contributed by atoms with Gasteiger partial charge in [-0.3, -0.25) is 0 Å². The summed E-state index contributed by atoms with van der Waals surface area (Å²) in [6.45, 7) is 3.19. The van der Waals surface area contributed by atoms with E-state index in [9.17, 15) is 0 Å². The van der Waals surface area contributed by atoms with E-state index < -0.39 is 0 Å². The molecule has 3 aliphatic heterocycles. The van der Waals surface area contributed by atoms with Crippen molar-refractivity contribution in [3.8, 4) is 11.5 Å². The minimum atomic E-state index is 0.355. The Morgan fingerprint density at radius 3 is 2.68 bits per heavy atom. The van der Waals surface area contributed by atoms with Crippen LogP contribution in [0.4, 0.5) is 0 Å². The Kier molecular flexibility index (Phi) is 2.85. The summed E-state index contributed by atoms with van der Waals surface area (Å²) in [6, 6.07) is 4.80. The highest BCUT2D eigenvalue weighted by atomic mass is 16.7. The maximum atomic E-state index is 5.53. The van der Waals surface area contributed by atoms with Gasteiger partial charge in [0.2, 0.25) is 6.79 Å². The van der Waals surface area contributed by atoms with Crippen LogP contribution in [0.15, 0.2) is 12.1 Å². The van der Waals surface area contributed by atoms with Gasteiger partial charge >= 0.3 is 0 Å². The van der Waals surface area contributed by atoms with Crippen LogP contribution in [0.5, 0.6) is 11.5 Å². The highest BCUT2D eigenvalue weighted by molar-refractivity contribution is 5.50. The lowest BCUT2D eigenvalue weighted by atomic mass is 9.82. The lowest BCUT2D eigenvalue weighted by Crippen LogP contribution is -2.37. The zero-order valence-corrected chi connectivity index (χ0v) is 11.0. The molecule has 0 bridgehead atoms. The topological polar surface area (TPSA) is 39.7 Å². The summed E-state index contributed by atoms with van der Waals surface area (Å²) in [4.78, 5) is 0. The average Bonchev–Trinajstić information content (AvgIpc) is 2.92. The van der Waals surface area contributed by atoms with Gasteiger partial charge in [-0.25, -0.2) is 0 Å². The van der Waals surface area contributed by atoms with Gasteiger partial charge in [-0.05, 0) is 55.0 Å². The molecular formula is C15H19NO3. The number of benzene rings is 1. The summed E-state index contributed by atoms with van der Waals surface area (Å²) < 4.78 is 16.5. The van der Waals surface area contributed by atoms with E-state index in [-0.39, 0.29) is 0 Å². The second-order valence-electron chi connectivity index (χ2n) is 5.54. The number of ether oxygens (including phenoxy) is 3. The number of hydrogen-bond donors (Lipinski definition) is 1. The number of rotatable bonds is 1. The van der Waals surface area contributed by atoms with Crippen LogP contribution in [0, 0.1) is 5.92 Å². The molecule has 4 nitrogen and oxygen atoms in total. The van der Waals surface area contributed by atoms with Gasteiger partial charge in [-0.1, -0.05) is 0 Å². The average molecular weight is 261 g/mol. The third-order valence-electron chi connectivity index (χ3n) is 4.47. The monoisotopic (exact) mass is 261 g/mol. The van der Waals surface area contributed by atoms with Crippen molar-refractivity contribution in [3.05, 3.63) is 23.3 Å². The molecule has 0 radical (unpaired) electrons. The van der Waals surface area contributed by atoms with Crippen molar-refractivity contribution < 1.29 is 14.2 Å². The summed E-state index contributed by atoms with van der Waals surface area (Å²) in [5, 5.41) is 3.68. The van der Waals surface area contributed by atoms with E-state index in [1.165, 1.54) is 11.1 Å². The van der Waals surface area contributed by atoms with E-state index in [0.717, 1.165) is 50.5 Å². The van der Waals surface area contributed by atoms with Gasteiger partial charge in [0, 0.05) is 19.3 Å². The fraction of sp³-hybridized carbons (Fsp3) is 0.600. The predicted octanol–water partition coefficient (Wildman–Crippen LogP) is 2.03. The third kappa shape index (κ3) is 1.99. The number of fused-ring (bicyclic) bond motifs is 2. The first-order valence-electron chi connectivity index (χ1n) is 7.15. The third-order valence-corrected chi connectivity index (χ3v) is 4.47. The quantitative estimate of drug-likeness (QED) is 0.839. The summed E-state index contributed by atoms with van der Waals surface area (Å²) in [6.07, 6.45) is 3.36. The van der Waals surface area contributed by atoms with E-state index in [1.54, 1.807) is 0 Å². The molecule has 3 aliphatic rings. The minimum absolute atomic E-state index is 0.355. The lowest BCUT2D eigenvalue weighted by molar-refractivity contribution is 0.0527. The summed E-state index contributed by atoms with van der Waals surface area (Å²) in [7, 11) is 0. The largest absolute Gasteiger partial charge is 0.454 e. The van der Waals surface area contributed by atoms with Gasteiger partial charge in [-0.15, -0.1) is 0 Å². The van der Waals surface area contributed by atoms with E-state index in [0.29, 0.717) is 18.8 Å². The van der Waals surface area contributed by atoms with E-state index in [4.69, 9.17) is 14.2 Å². The predicted molar refractivity (Wildman–Crippen MR) is 70.6 cm³/mol. The van der Waals surface area contributed by atoms with Gasteiger partial charge in [0.15, 0.2) is 11.5 Å². The summed E-state index contributed by atoms with van der Waals surface area (Å²) in [5.41, 5.74) is 2.82. The second kappa shape index (κ2) is 4.69. The van der Waals surface area contributed by atoms with E-state index in [2.05, 4.69) is 17.4 Å². The van der Waals surface area contributed by atoms with Gasteiger partial charge in [0.1, 0.15) is 0 Å². The van der Waals surface area contributed by atoms with Crippen LogP contribution in [0.3, 0.4) is 0 Å². The lowest BCUT2D eigenvalue weighted by Gasteiger charge is -2.35. The molecule has 19 heavy (non-hydrogen) atoms. The Morgan fingerprint density at radius 1 is 1.05 bits per heavy atom.